The van der Waals surface area contributed by atoms with Crippen molar-refractivity contribution in [3.63, 3.8) is 0 Å². The number of benzene rings is 1. The molecule has 1 fully saturated rings. The Morgan fingerprint density at radius 3 is 2.71 bits per heavy atom. The molecule has 1 aliphatic heterocycles. The summed E-state index contributed by atoms with van der Waals surface area (Å²) >= 11 is 0. The van der Waals surface area contributed by atoms with E-state index in [-0.39, 0.29) is 11.9 Å². The van der Waals surface area contributed by atoms with E-state index in [0.717, 1.165) is 24.4 Å². The monoisotopic (exact) mass is 288 g/mol. The Labute approximate surface area is 128 Å². The van der Waals surface area contributed by atoms with Crippen LogP contribution in [-0.4, -0.2) is 29.9 Å². The highest BCUT2D eigenvalue weighted by Crippen LogP contribution is 2.18. The third kappa shape index (κ3) is 4.85. The zero-order chi connectivity index (χ0) is 15.2. The van der Waals surface area contributed by atoms with Gasteiger partial charge in [0.2, 0.25) is 0 Å². The molecule has 1 amide bonds. The molecule has 1 aromatic carbocycles. The average molecular weight is 288 g/mol. The van der Waals surface area contributed by atoms with Crippen LogP contribution in [0.3, 0.4) is 0 Å². The number of likely N-dealkylation sites (tertiary alicyclic amines) is 1. The highest BCUT2D eigenvalue weighted by Gasteiger charge is 2.16. The lowest BCUT2D eigenvalue weighted by Gasteiger charge is -2.30. The van der Waals surface area contributed by atoms with Crippen LogP contribution in [0.15, 0.2) is 24.3 Å². The fourth-order valence-electron chi connectivity index (χ4n) is 2.86. The third-order valence-electron chi connectivity index (χ3n) is 4.35. The van der Waals surface area contributed by atoms with Gasteiger partial charge < -0.3 is 5.32 Å². The quantitative estimate of drug-likeness (QED) is 0.900. The lowest BCUT2D eigenvalue weighted by molar-refractivity contribution is 0.0939. The number of rotatable bonds is 5. The standard InChI is InChI=1S/C18H28N2O/c1-4-15(3)19-18(21)17-9-7-16(8-10-17)13-20-11-5-6-14(2)12-20/h7-10,14-15H,4-6,11-13H2,1-3H3,(H,19,21)/t14-,15+/m1/s1. The van der Waals surface area contributed by atoms with Gasteiger partial charge in [0.25, 0.3) is 5.91 Å². The van der Waals surface area contributed by atoms with E-state index < -0.39 is 0 Å². The topological polar surface area (TPSA) is 32.3 Å². The normalized spacial score (nSPS) is 21.0. The lowest BCUT2D eigenvalue weighted by atomic mass is 9.99. The zero-order valence-electron chi connectivity index (χ0n) is 13.6. The number of nitrogens with one attached hydrogen (secondary N) is 1. The predicted octanol–water partition coefficient (Wildman–Crippen LogP) is 3.45. The summed E-state index contributed by atoms with van der Waals surface area (Å²) < 4.78 is 0. The highest BCUT2D eigenvalue weighted by atomic mass is 16.1. The molecule has 0 saturated carbocycles. The van der Waals surface area contributed by atoms with E-state index in [0.29, 0.717) is 0 Å². The molecule has 0 radical (unpaired) electrons. The van der Waals surface area contributed by atoms with E-state index in [4.69, 9.17) is 0 Å². The Bertz CT molecular complexity index is 455. The van der Waals surface area contributed by atoms with Crippen LogP contribution in [-0.2, 0) is 6.54 Å². The number of nitrogens with zero attached hydrogens (tertiary/aromatic N) is 1. The van der Waals surface area contributed by atoms with E-state index in [1.165, 1.54) is 31.5 Å². The first-order valence-electron chi connectivity index (χ1n) is 8.20. The van der Waals surface area contributed by atoms with Crippen molar-refractivity contribution in [3.05, 3.63) is 35.4 Å². The summed E-state index contributed by atoms with van der Waals surface area (Å²) in [6, 6.07) is 8.29. The predicted molar refractivity (Wildman–Crippen MR) is 87.3 cm³/mol. The second kappa shape index (κ2) is 7.60. The van der Waals surface area contributed by atoms with E-state index in [1.807, 2.05) is 19.1 Å². The van der Waals surface area contributed by atoms with Gasteiger partial charge in [0, 0.05) is 24.7 Å². The number of amides is 1. The first kappa shape index (κ1) is 16.0. The van der Waals surface area contributed by atoms with Crippen LogP contribution < -0.4 is 5.32 Å². The zero-order valence-corrected chi connectivity index (χ0v) is 13.6. The van der Waals surface area contributed by atoms with Crippen LogP contribution in [0.2, 0.25) is 0 Å². The Balaban J connectivity index is 1.91. The number of carbonyl (C=O) groups excluding carboxylic acids is 1. The van der Waals surface area contributed by atoms with Gasteiger partial charge in [-0.2, -0.15) is 0 Å². The SMILES string of the molecule is CC[C@H](C)NC(=O)c1ccc(CN2CCC[C@@H](C)C2)cc1. The number of carbonyl (C=O) groups is 1. The minimum absolute atomic E-state index is 0.0301. The summed E-state index contributed by atoms with van der Waals surface area (Å²) in [6.07, 6.45) is 3.61. The fourth-order valence-corrected chi connectivity index (χ4v) is 2.86. The van der Waals surface area contributed by atoms with Gasteiger partial charge in [0.05, 0.1) is 0 Å². The van der Waals surface area contributed by atoms with E-state index >= 15 is 0 Å². The maximum Gasteiger partial charge on any atom is 0.251 e. The molecule has 2 rings (SSSR count). The Kier molecular flexibility index (Phi) is 5.80. The molecule has 3 nitrogen and oxygen atoms in total. The molecule has 116 valence electrons. The molecule has 1 heterocycles. The Morgan fingerprint density at radius 1 is 1.38 bits per heavy atom. The second-order valence-corrected chi connectivity index (χ2v) is 6.46. The van der Waals surface area contributed by atoms with Crippen molar-refractivity contribution < 1.29 is 4.79 Å². The van der Waals surface area contributed by atoms with Crippen molar-refractivity contribution >= 4 is 5.91 Å². The Hall–Kier alpha value is -1.35. The molecule has 1 saturated heterocycles. The average Bonchev–Trinajstić information content (AvgIpc) is 2.47. The van der Waals surface area contributed by atoms with Gasteiger partial charge in [-0.3, -0.25) is 9.69 Å². The van der Waals surface area contributed by atoms with Crippen LogP contribution in [0.1, 0.15) is 56.0 Å². The van der Waals surface area contributed by atoms with Gasteiger partial charge in [-0.15, -0.1) is 0 Å². The van der Waals surface area contributed by atoms with Gasteiger partial charge in [-0.05, 0) is 56.3 Å². The maximum atomic E-state index is 12.0. The van der Waals surface area contributed by atoms with Crippen molar-refractivity contribution in [3.8, 4) is 0 Å². The minimum atomic E-state index is 0.0301. The summed E-state index contributed by atoms with van der Waals surface area (Å²) in [6.45, 7) is 9.82. The van der Waals surface area contributed by atoms with Gasteiger partial charge in [0.15, 0.2) is 0 Å². The van der Waals surface area contributed by atoms with Crippen molar-refractivity contribution in [2.24, 2.45) is 5.92 Å². The summed E-state index contributed by atoms with van der Waals surface area (Å²) in [5.41, 5.74) is 2.05. The molecule has 0 aliphatic carbocycles. The molecular weight excluding hydrogens is 260 g/mol. The number of piperidine rings is 1. The third-order valence-corrected chi connectivity index (χ3v) is 4.35. The highest BCUT2D eigenvalue weighted by molar-refractivity contribution is 5.94. The van der Waals surface area contributed by atoms with Crippen LogP contribution in [0, 0.1) is 5.92 Å². The van der Waals surface area contributed by atoms with Crippen molar-refractivity contribution in [2.75, 3.05) is 13.1 Å². The lowest BCUT2D eigenvalue weighted by Crippen LogP contribution is -2.33. The molecule has 0 aromatic heterocycles. The molecule has 3 heteroatoms. The van der Waals surface area contributed by atoms with Crippen LogP contribution in [0.4, 0.5) is 0 Å². The van der Waals surface area contributed by atoms with Gasteiger partial charge in [-0.1, -0.05) is 26.0 Å². The summed E-state index contributed by atoms with van der Waals surface area (Å²) in [7, 11) is 0. The van der Waals surface area contributed by atoms with Gasteiger partial charge in [0.1, 0.15) is 0 Å². The molecular formula is C18H28N2O. The largest absolute Gasteiger partial charge is 0.350 e. The minimum Gasteiger partial charge on any atom is -0.350 e. The summed E-state index contributed by atoms with van der Waals surface area (Å²) in [4.78, 5) is 14.6. The first-order chi connectivity index (χ1) is 10.1. The van der Waals surface area contributed by atoms with Crippen molar-refractivity contribution in [1.29, 1.82) is 0 Å². The van der Waals surface area contributed by atoms with Crippen molar-refractivity contribution in [1.82, 2.24) is 10.2 Å². The van der Waals surface area contributed by atoms with Gasteiger partial charge >= 0.3 is 0 Å². The molecule has 0 bridgehead atoms. The number of hydrogen-bond donors (Lipinski definition) is 1. The summed E-state index contributed by atoms with van der Waals surface area (Å²) in [5, 5.41) is 3.00. The molecule has 0 unspecified atom stereocenters. The van der Waals surface area contributed by atoms with Crippen molar-refractivity contribution in [2.45, 2.75) is 52.6 Å². The fraction of sp³-hybridized carbons (Fsp3) is 0.611. The number of hydrogen-bond acceptors (Lipinski definition) is 2. The van der Waals surface area contributed by atoms with Crippen LogP contribution >= 0.6 is 0 Å². The van der Waals surface area contributed by atoms with E-state index in [2.05, 4.69) is 36.2 Å². The smallest absolute Gasteiger partial charge is 0.251 e. The van der Waals surface area contributed by atoms with Gasteiger partial charge in [-0.25, -0.2) is 0 Å². The molecule has 0 spiro atoms. The molecule has 2 atom stereocenters. The van der Waals surface area contributed by atoms with Crippen LogP contribution in [0.25, 0.3) is 0 Å². The first-order valence-corrected chi connectivity index (χ1v) is 8.20. The molecule has 1 aliphatic rings. The second-order valence-electron chi connectivity index (χ2n) is 6.46. The maximum absolute atomic E-state index is 12.0. The van der Waals surface area contributed by atoms with E-state index in [1.54, 1.807) is 0 Å². The molecule has 21 heavy (non-hydrogen) atoms. The molecule has 1 N–H and O–H groups in total. The van der Waals surface area contributed by atoms with Crippen LogP contribution in [0.5, 0.6) is 0 Å². The molecule has 1 aromatic rings. The Morgan fingerprint density at radius 2 is 2.10 bits per heavy atom. The summed E-state index contributed by atoms with van der Waals surface area (Å²) in [5.74, 6) is 0.835. The van der Waals surface area contributed by atoms with E-state index in [9.17, 15) is 4.79 Å².